The van der Waals surface area contributed by atoms with Gasteiger partial charge < -0.3 is 18.9 Å². The van der Waals surface area contributed by atoms with E-state index in [-0.39, 0.29) is 48.3 Å². The molecule has 5 nitrogen and oxygen atoms in total. The summed E-state index contributed by atoms with van der Waals surface area (Å²) in [5, 5.41) is 0. The fourth-order valence-corrected chi connectivity index (χ4v) is 5.21. The average molecular weight is 459 g/mol. The first kappa shape index (κ1) is 25.9. The van der Waals surface area contributed by atoms with Crippen molar-refractivity contribution in [2.45, 2.75) is 89.8 Å². The maximum absolute atomic E-state index is 13.2. The van der Waals surface area contributed by atoms with Crippen molar-refractivity contribution in [3.05, 3.63) is 48.0 Å². The maximum atomic E-state index is 13.2. The second kappa shape index (κ2) is 12.7. The lowest BCUT2D eigenvalue weighted by molar-refractivity contribution is -0.169. The van der Waals surface area contributed by atoms with Gasteiger partial charge in [0.05, 0.1) is 24.2 Å². The summed E-state index contributed by atoms with van der Waals surface area (Å²) >= 11 is 0. The van der Waals surface area contributed by atoms with Gasteiger partial charge in [0.25, 0.3) is 0 Å². The van der Waals surface area contributed by atoms with Crippen LogP contribution in [0, 0.1) is 17.8 Å². The van der Waals surface area contributed by atoms with E-state index in [2.05, 4.69) is 26.0 Å². The van der Waals surface area contributed by atoms with Gasteiger partial charge in [-0.25, -0.2) is 0 Å². The van der Waals surface area contributed by atoms with E-state index in [1.807, 2.05) is 37.3 Å². The molecule has 0 aromatic heterocycles. The number of cyclic esters (lactones) is 1. The van der Waals surface area contributed by atoms with Crippen LogP contribution in [-0.2, 0) is 23.7 Å². The number of carbonyl (C=O) groups excluding carboxylic acids is 1. The lowest BCUT2D eigenvalue weighted by Gasteiger charge is -2.39. The van der Waals surface area contributed by atoms with Crippen molar-refractivity contribution >= 4 is 5.97 Å². The number of esters is 1. The SMILES string of the molecule is CO[C@H]1CCCC[C@@H](c2ccccc2)OC(=O)[C@@H](C)[C@@H]2CC[C@H](C)[C@@H](O2)[C@@H](C)/C=C/[C@H]1OC. The molecular weight excluding hydrogens is 416 g/mol. The molecule has 1 aromatic rings. The van der Waals surface area contributed by atoms with E-state index in [0.717, 1.165) is 44.1 Å². The Kier molecular flexibility index (Phi) is 9.96. The van der Waals surface area contributed by atoms with Crippen LogP contribution in [0.3, 0.4) is 0 Å². The van der Waals surface area contributed by atoms with E-state index in [4.69, 9.17) is 18.9 Å². The summed E-state index contributed by atoms with van der Waals surface area (Å²) in [5.41, 5.74) is 1.05. The first-order valence-corrected chi connectivity index (χ1v) is 12.6. The molecular formula is C28H42O5. The van der Waals surface area contributed by atoms with Crippen LogP contribution in [0.15, 0.2) is 42.5 Å². The highest BCUT2D eigenvalue weighted by Crippen LogP contribution is 2.35. The quantitative estimate of drug-likeness (QED) is 0.418. The van der Waals surface area contributed by atoms with E-state index in [0.29, 0.717) is 5.92 Å². The third-order valence-corrected chi connectivity index (χ3v) is 7.43. The molecule has 2 bridgehead atoms. The van der Waals surface area contributed by atoms with Crippen molar-refractivity contribution in [3.63, 3.8) is 0 Å². The van der Waals surface area contributed by atoms with Gasteiger partial charge in [-0.05, 0) is 50.5 Å². The highest BCUT2D eigenvalue weighted by atomic mass is 16.6. The lowest BCUT2D eigenvalue weighted by atomic mass is 9.83. The van der Waals surface area contributed by atoms with Gasteiger partial charge in [0.2, 0.25) is 0 Å². The van der Waals surface area contributed by atoms with Crippen molar-refractivity contribution in [1.29, 1.82) is 0 Å². The van der Waals surface area contributed by atoms with E-state index in [9.17, 15) is 4.79 Å². The van der Waals surface area contributed by atoms with Gasteiger partial charge >= 0.3 is 5.97 Å². The van der Waals surface area contributed by atoms with Crippen LogP contribution in [0.5, 0.6) is 0 Å². The molecule has 3 rings (SSSR count). The van der Waals surface area contributed by atoms with Gasteiger partial charge in [-0.1, -0.05) is 62.8 Å². The standard InChI is InChI=1S/C28H42O5/c1-19-15-17-23-21(3)28(29)33-24(22-11-7-6-8-12-22)13-9-10-14-25(30-4)26(31-5)18-16-20(2)27(19)32-23/h6-8,11-12,16,18-21,23-27H,9-10,13-15,17H2,1-5H3/b18-16+/t19-,20-,21-,23-,24-,25-,26+,27+/m0/s1. The van der Waals surface area contributed by atoms with Gasteiger partial charge in [0.1, 0.15) is 12.2 Å². The van der Waals surface area contributed by atoms with Crippen molar-refractivity contribution in [2.24, 2.45) is 17.8 Å². The Morgan fingerprint density at radius 1 is 0.879 bits per heavy atom. The molecule has 0 amide bonds. The van der Waals surface area contributed by atoms with Crippen LogP contribution in [0.4, 0.5) is 0 Å². The second-order valence-corrected chi connectivity index (χ2v) is 9.82. The minimum absolute atomic E-state index is 0.0125. The molecule has 5 heteroatoms. The molecule has 0 N–H and O–H groups in total. The number of carbonyl (C=O) groups is 1. The monoisotopic (exact) mass is 458 g/mol. The molecule has 8 atom stereocenters. The Labute approximate surface area is 199 Å². The molecule has 0 spiro atoms. The van der Waals surface area contributed by atoms with Gasteiger partial charge in [-0.3, -0.25) is 4.79 Å². The van der Waals surface area contributed by atoms with E-state index in [1.165, 1.54) is 0 Å². The van der Waals surface area contributed by atoms with Gasteiger partial charge in [0, 0.05) is 20.1 Å². The smallest absolute Gasteiger partial charge is 0.311 e. The average Bonchev–Trinajstić information content (AvgIpc) is 2.84. The molecule has 2 aliphatic rings. The third-order valence-electron chi connectivity index (χ3n) is 7.43. The Balaban J connectivity index is 1.85. The molecule has 33 heavy (non-hydrogen) atoms. The Morgan fingerprint density at radius 2 is 1.61 bits per heavy atom. The zero-order chi connectivity index (χ0) is 23.8. The number of ether oxygens (including phenoxy) is 4. The lowest BCUT2D eigenvalue weighted by Crippen LogP contribution is -2.42. The Bertz CT molecular complexity index is 748. The predicted molar refractivity (Wildman–Crippen MR) is 130 cm³/mol. The molecule has 1 aromatic carbocycles. The van der Waals surface area contributed by atoms with Crippen LogP contribution >= 0.6 is 0 Å². The Hall–Kier alpha value is -1.69. The van der Waals surface area contributed by atoms with Crippen LogP contribution in [0.25, 0.3) is 0 Å². The molecule has 0 radical (unpaired) electrons. The van der Waals surface area contributed by atoms with Crippen molar-refractivity contribution in [1.82, 2.24) is 0 Å². The summed E-state index contributed by atoms with van der Waals surface area (Å²) in [5.74, 6) is 0.192. The number of hydrogen-bond acceptors (Lipinski definition) is 5. The van der Waals surface area contributed by atoms with E-state index >= 15 is 0 Å². The maximum Gasteiger partial charge on any atom is 0.311 e. The number of rotatable bonds is 3. The number of hydrogen-bond donors (Lipinski definition) is 0. The first-order chi connectivity index (χ1) is 15.9. The van der Waals surface area contributed by atoms with Gasteiger partial charge in [0.15, 0.2) is 0 Å². The molecule has 0 unspecified atom stereocenters. The zero-order valence-corrected chi connectivity index (χ0v) is 20.9. The minimum atomic E-state index is -0.292. The summed E-state index contributed by atoms with van der Waals surface area (Å²) in [6, 6.07) is 10.1. The molecule has 0 saturated carbocycles. The van der Waals surface area contributed by atoms with Crippen molar-refractivity contribution in [3.8, 4) is 0 Å². The highest BCUT2D eigenvalue weighted by molar-refractivity contribution is 5.73. The minimum Gasteiger partial charge on any atom is -0.457 e. The summed E-state index contributed by atoms with van der Waals surface area (Å²) in [7, 11) is 3.49. The van der Waals surface area contributed by atoms with E-state index < -0.39 is 0 Å². The second-order valence-electron chi connectivity index (χ2n) is 9.82. The van der Waals surface area contributed by atoms with Crippen molar-refractivity contribution in [2.75, 3.05) is 14.2 Å². The van der Waals surface area contributed by atoms with E-state index in [1.54, 1.807) is 14.2 Å². The normalized spacial score (nSPS) is 37.8. The topological polar surface area (TPSA) is 54.0 Å². The van der Waals surface area contributed by atoms with Crippen LogP contribution in [0.2, 0.25) is 0 Å². The van der Waals surface area contributed by atoms with Gasteiger partial charge in [-0.2, -0.15) is 0 Å². The third kappa shape index (κ3) is 6.91. The summed E-state index contributed by atoms with van der Waals surface area (Å²) < 4.78 is 24.2. The fourth-order valence-electron chi connectivity index (χ4n) is 5.21. The Morgan fingerprint density at radius 3 is 2.30 bits per heavy atom. The highest BCUT2D eigenvalue weighted by Gasteiger charge is 2.37. The van der Waals surface area contributed by atoms with Crippen LogP contribution in [-0.4, -0.2) is 44.6 Å². The summed E-state index contributed by atoms with van der Waals surface area (Å²) in [6.07, 6.45) is 9.44. The first-order valence-electron chi connectivity index (χ1n) is 12.6. The molecule has 1 fully saturated rings. The summed E-state index contributed by atoms with van der Waals surface area (Å²) in [4.78, 5) is 13.2. The van der Waals surface area contributed by atoms with Crippen molar-refractivity contribution < 1.29 is 23.7 Å². The fraction of sp³-hybridized carbons (Fsp3) is 0.679. The van der Waals surface area contributed by atoms with Crippen LogP contribution in [0.1, 0.15) is 71.0 Å². The summed E-state index contributed by atoms with van der Waals surface area (Å²) in [6.45, 7) is 6.38. The largest absolute Gasteiger partial charge is 0.457 e. The molecule has 184 valence electrons. The number of methoxy groups -OCH3 is 2. The predicted octanol–water partition coefficient (Wildman–Crippen LogP) is 5.89. The van der Waals surface area contributed by atoms with Crippen LogP contribution < -0.4 is 0 Å². The van der Waals surface area contributed by atoms with Gasteiger partial charge in [-0.15, -0.1) is 0 Å². The molecule has 2 aliphatic heterocycles. The number of fused-ring (bicyclic) bond motifs is 2. The molecule has 2 heterocycles. The zero-order valence-electron chi connectivity index (χ0n) is 20.9. The number of benzene rings is 1. The molecule has 1 saturated heterocycles. The molecule has 0 aliphatic carbocycles.